The van der Waals surface area contributed by atoms with Gasteiger partial charge in [0.25, 0.3) is 0 Å². The summed E-state index contributed by atoms with van der Waals surface area (Å²) >= 11 is 0. The molecule has 19 heavy (non-hydrogen) atoms. The van der Waals surface area contributed by atoms with Crippen LogP contribution in [0.25, 0.3) is 0 Å². The Hall–Kier alpha value is -1.51. The van der Waals surface area contributed by atoms with Crippen molar-refractivity contribution in [1.29, 1.82) is 0 Å². The zero-order valence-electron chi connectivity index (χ0n) is 11.3. The lowest BCUT2D eigenvalue weighted by molar-refractivity contribution is 0.0196. The van der Waals surface area contributed by atoms with Crippen LogP contribution in [0.1, 0.15) is 42.5 Å². The molecule has 1 aromatic rings. The number of rotatable bonds is 4. The predicted octanol–water partition coefficient (Wildman–Crippen LogP) is 3.47. The normalized spacial score (nSPS) is 29.0. The number of methoxy groups -OCH3 is 1. The summed E-state index contributed by atoms with van der Waals surface area (Å²) in [7, 11) is 1.63. The van der Waals surface area contributed by atoms with Gasteiger partial charge in [0.1, 0.15) is 17.6 Å². The number of ether oxygens (including phenoxy) is 2. The van der Waals surface area contributed by atoms with Crippen molar-refractivity contribution >= 4 is 6.29 Å². The highest BCUT2D eigenvalue weighted by Crippen LogP contribution is 2.43. The van der Waals surface area contributed by atoms with Crippen LogP contribution in [-0.4, -0.2) is 19.5 Å². The zero-order chi connectivity index (χ0) is 13.2. The highest BCUT2D eigenvalue weighted by molar-refractivity contribution is 5.79. The standard InChI is InChI=1S/C16H20O3/c1-18-14-7-6-13(10-17)16(9-14)19-15-8-11-2-4-12(15)5-3-11/h6-7,9-12,15H,2-5,8H2,1H3. The second kappa shape index (κ2) is 5.24. The van der Waals surface area contributed by atoms with Gasteiger partial charge in [-0.15, -0.1) is 0 Å². The van der Waals surface area contributed by atoms with Crippen molar-refractivity contribution in [2.24, 2.45) is 11.8 Å². The Bertz CT molecular complexity index is 461. The van der Waals surface area contributed by atoms with Gasteiger partial charge in [-0.25, -0.2) is 0 Å². The molecule has 0 amide bonds. The molecule has 3 fully saturated rings. The third kappa shape index (κ3) is 2.46. The molecular formula is C16H20O3. The van der Waals surface area contributed by atoms with Gasteiger partial charge in [-0.2, -0.15) is 0 Å². The summed E-state index contributed by atoms with van der Waals surface area (Å²) in [4.78, 5) is 11.1. The number of hydrogen-bond acceptors (Lipinski definition) is 3. The van der Waals surface area contributed by atoms with Crippen LogP contribution in [0.2, 0.25) is 0 Å². The van der Waals surface area contributed by atoms with Crippen LogP contribution >= 0.6 is 0 Å². The van der Waals surface area contributed by atoms with Crippen LogP contribution in [0.3, 0.4) is 0 Å². The van der Waals surface area contributed by atoms with E-state index in [0.717, 1.165) is 24.4 Å². The number of carbonyl (C=O) groups excluding carboxylic acids is 1. The van der Waals surface area contributed by atoms with E-state index in [1.165, 1.54) is 25.7 Å². The highest BCUT2D eigenvalue weighted by Gasteiger charge is 2.37. The van der Waals surface area contributed by atoms with E-state index < -0.39 is 0 Å². The van der Waals surface area contributed by atoms with Crippen molar-refractivity contribution < 1.29 is 14.3 Å². The SMILES string of the molecule is COc1ccc(C=O)c(OC2CC3CCC2CC3)c1. The Labute approximate surface area is 113 Å². The van der Waals surface area contributed by atoms with Gasteiger partial charge in [0.2, 0.25) is 0 Å². The van der Waals surface area contributed by atoms with Gasteiger partial charge in [0.15, 0.2) is 6.29 Å². The van der Waals surface area contributed by atoms with Crippen LogP contribution in [0.4, 0.5) is 0 Å². The maximum Gasteiger partial charge on any atom is 0.153 e. The zero-order valence-corrected chi connectivity index (χ0v) is 11.3. The van der Waals surface area contributed by atoms with Crippen LogP contribution < -0.4 is 9.47 Å². The van der Waals surface area contributed by atoms with E-state index in [1.807, 2.05) is 6.07 Å². The van der Waals surface area contributed by atoms with Crippen molar-refractivity contribution in [2.75, 3.05) is 7.11 Å². The topological polar surface area (TPSA) is 35.5 Å². The third-order valence-electron chi connectivity index (χ3n) is 4.61. The predicted molar refractivity (Wildman–Crippen MR) is 72.9 cm³/mol. The maximum atomic E-state index is 11.1. The average Bonchev–Trinajstić information content (AvgIpc) is 2.48. The number of hydrogen-bond donors (Lipinski definition) is 0. The monoisotopic (exact) mass is 260 g/mol. The fraction of sp³-hybridized carbons (Fsp3) is 0.562. The minimum Gasteiger partial charge on any atom is -0.497 e. The molecule has 0 saturated heterocycles. The van der Waals surface area contributed by atoms with Crippen LogP contribution in [-0.2, 0) is 0 Å². The molecule has 0 radical (unpaired) electrons. The summed E-state index contributed by atoms with van der Waals surface area (Å²) in [5.41, 5.74) is 0.613. The molecule has 3 nitrogen and oxygen atoms in total. The summed E-state index contributed by atoms with van der Waals surface area (Å²) < 4.78 is 11.4. The first-order valence-corrected chi connectivity index (χ1v) is 7.10. The minimum absolute atomic E-state index is 0.276. The van der Waals surface area contributed by atoms with Gasteiger partial charge in [-0.05, 0) is 56.1 Å². The first-order chi connectivity index (χ1) is 9.30. The van der Waals surface area contributed by atoms with Crippen molar-refractivity contribution in [1.82, 2.24) is 0 Å². The fourth-order valence-electron chi connectivity index (χ4n) is 3.47. The van der Waals surface area contributed by atoms with E-state index in [-0.39, 0.29) is 6.10 Å². The lowest BCUT2D eigenvalue weighted by atomic mass is 9.69. The molecule has 3 heteroatoms. The van der Waals surface area contributed by atoms with Crippen LogP contribution in [0, 0.1) is 11.8 Å². The van der Waals surface area contributed by atoms with Gasteiger partial charge in [0, 0.05) is 6.07 Å². The van der Waals surface area contributed by atoms with Gasteiger partial charge in [-0.1, -0.05) is 0 Å². The van der Waals surface area contributed by atoms with Crippen molar-refractivity contribution in [3.8, 4) is 11.5 Å². The molecule has 3 aliphatic carbocycles. The molecule has 3 aliphatic rings. The van der Waals surface area contributed by atoms with E-state index in [1.54, 1.807) is 19.2 Å². The first-order valence-electron chi connectivity index (χ1n) is 7.10. The van der Waals surface area contributed by atoms with E-state index in [0.29, 0.717) is 17.2 Å². The van der Waals surface area contributed by atoms with Crippen LogP contribution in [0.15, 0.2) is 18.2 Å². The molecule has 0 N–H and O–H groups in total. The molecule has 4 rings (SSSR count). The first kappa shape index (κ1) is 12.5. The van der Waals surface area contributed by atoms with Crippen molar-refractivity contribution in [3.05, 3.63) is 23.8 Å². The van der Waals surface area contributed by atoms with Crippen molar-refractivity contribution in [3.63, 3.8) is 0 Å². The van der Waals surface area contributed by atoms with Gasteiger partial charge in [-0.3, -0.25) is 4.79 Å². The molecule has 2 bridgehead atoms. The summed E-state index contributed by atoms with van der Waals surface area (Å²) in [5.74, 6) is 2.89. The van der Waals surface area contributed by atoms with E-state index >= 15 is 0 Å². The molecule has 0 aromatic heterocycles. The number of benzene rings is 1. The quantitative estimate of drug-likeness (QED) is 0.778. The Morgan fingerprint density at radius 2 is 2.00 bits per heavy atom. The van der Waals surface area contributed by atoms with E-state index in [9.17, 15) is 4.79 Å². The van der Waals surface area contributed by atoms with E-state index in [2.05, 4.69) is 0 Å². The molecule has 1 aromatic carbocycles. The molecule has 0 aliphatic heterocycles. The second-order valence-corrected chi connectivity index (χ2v) is 5.69. The Balaban J connectivity index is 1.80. The Kier molecular flexibility index (Phi) is 3.45. The van der Waals surface area contributed by atoms with Crippen molar-refractivity contribution in [2.45, 2.75) is 38.2 Å². The summed E-state index contributed by atoms with van der Waals surface area (Å²) in [6, 6.07) is 5.39. The third-order valence-corrected chi connectivity index (χ3v) is 4.61. The molecule has 1 unspecified atom stereocenters. The fourth-order valence-corrected chi connectivity index (χ4v) is 3.47. The summed E-state index contributed by atoms with van der Waals surface area (Å²) in [5, 5.41) is 0. The minimum atomic E-state index is 0.276. The number of fused-ring (bicyclic) bond motifs is 3. The molecule has 0 heterocycles. The summed E-state index contributed by atoms with van der Waals surface area (Å²) in [6.45, 7) is 0. The van der Waals surface area contributed by atoms with Gasteiger partial charge >= 0.3 is 0 Å². The highest BCUT2D eigenvalue weighted by atomic mass is 16.5. The molecular weight excluding hydrogens is 240 g/mol. The average molecular weight is 260 g/mol. The number of aldehydes is 1. The Morgan fingerprint density at radius 1 is 1.21 bits per heavy atom. The molecule has 3 saturated carbocycles. The van der Waals surface area contributed by atoms with Crippen LogP contribution in [0.5, 0.6) is 11.5 Å². The van der Waals surface area contributed by atoms with Gasteiger partial charge < -0.3 is 9.47 Å². The Morgan fingerprint density at radius 3 is 2.58 bits per heavy atom. The largest absolute Gasteiger partial charge is 0.497 e. The number of carbonyl (C=O) groups is 1. The maximum absolute atomic E-state index is 11.1. The summed E-state index contributed by atoms with van der Waals surface area (Å²) in [6.07, 6.45) is 7.52. The second-order valence-electron chi connectivity index (χ2n) is 5.69. The lowest BCUT2D eigenvalue weighted by Crippen LogP contribution is -2.39. The molecule has 0 spiro atoms. The smallest absolute Gasteiger partial charge is 0.153 e. The molecule has 102 valence electrons. The van der Waals surface area contributed by atoms with E-state index in [4.69, 9.17) is 9.47 Å². The lowest BCUT2D eigenvalue weighted by Gasteiger charge is -2.42. The van der Waals surface area contributed by atoms with Gasteiger partial charge in [0.05, 0.1) is 12.7 Å². The molecule has 1 atom stereocenters.